The summed E-state index contributed by atoms with van der Waals surface area (Å²) in [6.07, 6.45) is 3.23. The number of pyridine rings is 1. The molecule has 2 rings (SSSR count). The van der Waals surface area contributed by atoms with Gasteiger partial charge in [-0.2, -0.15) is 0 Å². The summed E-state index contributed by atoms with van der Waals surface area (Å²) < 4.78 is 0. The van der Waals surface area contributed by atoms with Crippen molar-refractivity contribution in [3.05, 3.63) is 64.0 Å². The zero-order valence-corrected chi connectivity index (χ0v) is 10.2. The molecule has 0 bridgehead atoms. The first-order valence-corrected chi connectivity index (χ1v) is 5.54. The molecule has 0 radical (unpaired) electrons. The number of amides is 1. The fraction of sp³-hybridized carbons (Fsp3) is 0.0769. The van der Waals surface area contributed by atoms with E-state index >= 15 is 0 Å². The van der Waals surface area contributed by atoms with Crippen molar-refractivity contribution in [1.29, 1.82) is 0 Å². The van der Waals surface area contributed by atoms with Crippen LogP contribution in [0.25, 0.3) is 0 Å². The van der Waals surface area contributed by atoms with Gasteiger partial charge in [-0.1, -0.05) is 0 Å². The first kappa shape index (κ1) is 12.7. The average molecular weight is 257 g/mol. The Balaban J connectivity index is 2.16. The minimum absolute atomic E-state index is 0.0448. The average Bonchev–Trinajstić information content (AvgIpc) is 2.41. The molecular formula is C13H11N3O3. The van der Waals surface area contributed by atoms with Crippen molar-refractivity contribution in [2.45, 2.75) is 6.92 Å². The Hall–Kier alpha value is -2.76. The number of nitro groups is 1. The number of nitrogens with zero attached hydrogens (tertiary/aromatic N) is 2. The van der Waals surface area contributed by atoms with Crippen LogP contribution in [0.4, 0.5) is 11.4 Å². The second kappa shape index (κ2) is 5.26. The lowest BCUT2D eigenvalue weighted by Gasteiger charge is -2.07. The van der Waals surface area contributed by atoms with E-state index in [1.807, 2.05) is 6.92 Å². The smallest absolute Gasteiger partial charge is 0.269 e. The van der Waals surface area contributed by atoms with Gasteiger partial charge in [-0.15, -0.1) is 0 Å². The van der Waals surface area contributed by atoms with E-state index in [0.29, 0.717) is 11.3 Å². The molecular weight excluding hydrogens is 246 g/mol. The molecule has 2 aromatic rings. The number of nitrogens with one attached hydrogen (secondary N) is 1. The van der Waals surface area contributed by atoms with Crippen molar-refractivity contribution in [3.8, 4) is 0 Å². The molecule has 0 saturated carbocycles. The molecule has 1 N–H and O–H groups in total. The molecule has 1 amide bonds. The van der Waals surface area contributed by atoms with Crippen LogP contribution in [0.2, 0.25) is 0 Å². The summed E-state index contributed by atoms with van der Waals surface area (Å²) in [4.78, 5) is 25.9. The summed E-state index contributed by atoms with van der Waals surface area (Å²) in [5.74, 6) is -0.316. The minimum Gasteiger partial charge on any atom is -0.322 e. The molecule has 0 aliphatic carbocycles. The van der Waals surface area contributed by atoms with Crippen LogP contribution >= 0.6 is 0 Å². The molecule has 1 aromatic heterocycles. The van der Waals surface area contributed by atoms with Gasteiger partial charge < -0.3 is 5.32 Å². The number of non-ortho nitro benzene ring substituents is 1. The number of carbonyl (C=O) groups excluding carboxylic acids is 1. The second-order valence-electron chi connectivity index (χ2n) is 3.95. The number of hydrogen-bond acceptors (Lipinski definition) is 4. The van der Waals surface area contributed by atoms with Crippen molar-refractivity contribution in [1.82, 2.24) is 4.98 Å². The molecule has 0 unspecified atom stereocenters. The molecule has 0 aliphatic rings. The van der Waals surface area contributed by atoms with E-state index in [9.17, 15) is 14.9 Å². The van der Waals surface area contributed by atoms with Gasteiger partial charge in [-0.25, -0.2) is 0 Å². The predicted octanol–water partition coefficient (Wildman–Crippen LogP) is 2.55. The zero-order valence-electron chi connectivity index (χ0n) is 10.2. The maximum absolute atomic E-state index is 11.9. The molecule has 0 aliphatic heterocycles. The molecule has 96 valence electrons. The largest absolute Gasteiger partial charge is 0.322 e. The van der Waals surface area contributed by atoms with Crippen LogP contribution in [0.5, 0.6) is 0 Å². The Kier molecular flexibility index (Phi) is 3.51. The van der Waals surface area contributed by atoms with Crippen LogP contribution in [0, 0.1) is 17.0 Å². The van der Waals surface area contributed by atoms with Crippen LogP contribution in [0.1, 0.15) is 15.9 Å². The van der Waals surface area contributed by atoms with Gasteiger partial charge >= 0.3 is 0 Å². The number of benzene rings is 1. The first-order valence-electron chi connectivity index (χ1n) is 5.54. The van der Waals surface area contributed by atoms with Crippen LogP contribution in [0.3, 0.4) is 0 Å². The third-order valence-corrected chi connectivity index (χ3v) is 2.61. The van der Waals surface area contributed by atoms with Gasteiger partial charge in [0.2, 0.25) is 0 Å². The number of aryl methyl sites for hydroxylation is 1. The summed E-state index contributed by atoms with van der Waals surface area (Å²) >= 11 is 0. The maximum Gasteiger partial charge on any atom is 0.269 e. The lowest BCUT2D eigenvalue weighted by atomic mass is 10.2. The first-order chi connectivity index (χ1) is 9.08. The number of carbonyl (C=O) groups is 1. The van der Waals surface area contributed by atoms with Gasteiger partial charge in [-0.3, -0.25) is 19.9 Å². The predicted molar refractivity (Wildman–Crippen MR) is 70.0 cm³/mol. The lowest BCUT2D eigenvalue weighted by molar-refractivity contribution is -0.384. The third-order valence-electron chi connectivity index (χ3n) is 2.61. The topological polar surface area (TPSA) is 85.1 Å². The van der Waals surface area contributed by atoms with Gasteiger partial charge in [0.25, 0.3) is 11.6 Å². The molecule has 0 spiro atoms. The van der Waals surface area contributed by atoms with E-state index in [1.165, 1.54) is 24.3 Å². The molecule has 0 fully saturated rings. The van der Waals surface area contributed by atoms with Crippen LogP contribution < -0.4 is 5.32 Å². The Morgan fingerprint density at radius 3 is 2.53 bits per heavy atom. The monoisotopic (exact) mass is 257 g/mol. The normalized spacial score (nSPS) is 9.95. The Morgan fingerprint density at radius 2 is 1.95 bits per heavy atom. The molecule has 0 saturated heterocycles. The Bertz CT molecular complexity index is 623. The summed E-state index contributed by atoms with van der Waals surface area (Å²) in [5.41, 5.74) is 1.83. The molecule has 19 heavy (non-hydrogen) atoms. The highest BCUT2D eigenvalue weighted by molar-refractivity contribution is 6.04. The fourth-order valence-corrected chi connectivity index (χ4v) is 1.54. The number of hydrogen-bond donors (Lipinski definition) is 1. The van der Waals surface area contributed by atoms with Gasteiger partial charge in [0.05, 0.1) is 4.92 Å². The van der Waals surface area contributed by atoms with Crippen molar-refractivity contribution in [2.24, 2.45) is 0 Å². The number of aromatic nitrogens is 1. The Labute approximate surface area is 109 Å². The number of nitro benzene ring substituents is 1. The van der Waals surface area contributed by atoms with Crippen molar-refractivity contribution in [2.75, 3.05) is 5.32 Å². The Morgan fingerprint density at radius 1 is 1.26 bits per heavy atom. The van der Waals surface area contributed by atoms with E-state index in [4.69, 9.17) is 0 Å². The summed E-state index contributed by atoms with van der Waals surface area (Å²) in [6.45, 7) is 1.83. The van der Waals surface area contributed by atoms with E-state index < -0.39 is 4.92 Å². The van der Waals surface area contributed by atoms with Crippen LogP contribution in [0.15, 0.2) is 42.7 Å². The van der Waals surface area contributed by atoms with Gasteiger partial charge in [0.15, 0.2) is 0 Å². The van der Waals surface area contributed by atoms with E-state index in [0.717, 1.165) is 5.56 Å². The van der Waals surface area contributed by atoms with E-state index in [-0.39, 0.29) is 11.6 Å². The second-order valence-corrected chi connectivity index (χ2v) is 3.95. The standard InChI is InChI=1S/C13H11N3O3/c1-9-8-14-7-6-12(9)15-13(17)10-2-4-11(5-3-10)16(18)19/h2-8H,1H3,(H,14,15,17). The van der Waals surface area contributed by atoms with Crippen LogP contribution in [-0.2, 0) is 0 Å². The van der Waals surface area contributed by atoms with E-state index in [1.54, 1.807) is 18.5 Å². The minimum atomic E-state index is -0.505. The number of anilines is 1. The fourth-order valence-electron chi connectivity index (χ4n) is 1.54. The van der Waals surface area contributed by atoms with Crippen molar-refractivity contribution >= 4 is 17.3 Å². The maximum atomic E-state index is 11.9. The van der Waals surface area contributed by atoms with Crippen molar-refractivity contribution in [3.63, 3.8) is 0 Å². The highest BCUT2D eigenvalue weighted by atomic mass is 16.6. The quantitative estimate of drug-likeness (QED) is 0.676. The summed E-state index contributed by atoms with van der Waals surface area (Å²) in [6, 6.07) is 7.13. The van der Waals surface area contributed by atoms with Crippen molar-refractivity contribution < 1.29 is 9.72 Å². The zero-order chi connectivity index (χ0) is 13.8. The summed E-state index contributed by atoms with van der Waals surface area (Å²) in [5, 5.41) is 13.2. The van der Waals surface area contributed by atoms with Gasteiger partial charge in [0, 0.05) is 35.8 Å². The number of rotatable bonds is 3. The van der Waals surface area contributed by atoms with E-state index in [2.05, 4.69) is 10.3 Å². The lowest BCUT2D eigenvalue weighted by Crippen LogP contribution is -2.12. The SMILES string of the molecule is Cc1cnccc1NC(=O)c1ccc([N+](=O)[O-])cc1. The molecule has 6 nitrogen and oxygen atoms in total. The van der Waals surface area contributed by atoms with Crippen LogP contribution in [-0.4, -0.2) is 15.8 Å². The molecule has 6 heteroatoms. The third kappa shape index (κ3) is 2.92. The van der Waals surface area contributed by atoms with Gasteiger partial charge in [-0.05, 0) is 30.7 Å². The highest BCUT2D eigenvalue weighted by Gasteiger charge is 2.10. The highest BCUT2D eigenvalue weighted by Crippen LogP contribution is 2.15. The molecule has 1 aromatic carbocycles. The summed E-state index contributed by atoms with van der Waals surface area (Å²) in [7, 11) is 0. The molecule has 0 atom stereocenters. The molecule has 1 heterocycles. The van der Waals surface area contributed by atoms with Gasteiger partial charge in [0.1, 0.15) is 0 Å².